The first-order valence-corrected chi connectivity index (χ1v) is 7.86. The Kier molecular flexibility index (Phi) is 3.87. The molecule has 3 amide bonds. The van der Waals surface area contributed by atoms with Crippen LogP contribution in [0.2, 0.25) is 0 Å². The summed E-state index contributed by atoms with van der Waals surface area (Å²) >= 11 is 1.52. The topological polar surface area (TPSA) is 71.0 Å². The standard InChI is InChI=1S/C16H15N3O3S/c1-16(12-3-5-13(22-2)6-4-12)14(20)19(15(21)18-16)17-9-11-7-8-23-10-11/h3-10H,1-2H3,(H,18,21)/b17-9+. The molecule has 1 atom stereocenters. The lowest BCUT2D eigenvalue weighted by atomic mass is 9.92. The van der Waals surface area contributed by atoms with Gasteiger partial charge in [-0.25, -0.2) is 4.79 Å². The van der Waals surface area contributed by atoms with Crippen molar-refractivity contribution in [3.8, 4) is 5.75 Å². The maximum atomic E-state index is 12.7. The Morgan fingerprint density at radius 3 is 2.61 bits per heavy atom. The van der Waals surface area contributed by atoms with Gasteiger partial charge in [0.25, 0.3) is 5.91 Å². The molecular formula is C16H15N3O3S. The summed E-state index contributed by atoms with van der Waals surface area (Å²) in [6.07, 6.45) is 1.49. The molecule has 1 aromatic heterocycles. The SMILES string of the molecule is COc1ccc(C2(C)NC(=O)N(/N=C/c3ccsc3)C2=O)cc1. The zero-order chi connectivity index (χ0) is 16.4. The van der Waals surface area contributed by atoms with Gasteiger partial charge in [-0.1, -0.05) is 12.1 Å². The van der Waals surface area contributed by atoms with Crippen LogP contribution in [0.15, 0.2) is 46.2 Å². The fourth-order valence-electron chi connectivity index (χ4n) is 2.32. The number of hydrogen-bond donors (Lipinski definition) is 1. The highest BCUT2D eigenvalue weighted by Gasteiger charge is 2.49. The van der Waals surface area contributed by atoms with Gasteiger partial charge in [-0.05, 0) is 41.4 Å². The van der Waals surface area contributed by atoms with E-state index in [1.807, 2.05) is 16.8 Å². The zero-order valence-electron chi connectivity index (χ0n) is 12.6. The van der Waals surface area contributed by atoms with Crippen molar-refractivity contribution < 1.29 is 14.3 Å². The van der Waals surface area contributed by atoms with E-state index in [2.05, 4.69) is 10.4 Å². The van der Waals surface area contributed by atoms with Gasteiger partial charge < -0.3 is 10.1 Å². The van der Waals surface area contributed by atoms with Crippen LogP contribution < -0.4 is 10.1 Å². The molecule has 1 aromatic carbocycles. The lowest BCUT2D eigenvalue weighted by Crippen LogP contribution is -2.40. The molecular weight excluding hydrogens is 314 g/mol. The number of imide groups is 1. The maximum absolute atomic E-state index is 12.7. The number of carbonyl (C=O) groups is 2. The number of benzene rings is 1. The van der Waals surface area contributed by atoms with Crippen molar-refractivity contribution in [2.24, 2.45) is 5.10 Å². The molecule has 0 radical (unpaired) electrons. The van der Waals surface area contributed by atoms with Gasteiger partial charge in [0.05, 0.1) is 13.3 Å². The van der Waals surface area contributed by atoms with E-state index < -0.39 is 17.5 Å². The highest BCUT2D eigenvalue weighted by molar-refractivity contribution is 7.08. The number of thiophene rings is 1. The van der Waals surface area contributed by atoms with E-state index in [0.717, 1.165) is 10.6 Å². The molecule has 1 saturated heterocycles. The minimum absolute atomic E-state index is 0.417. The van der Waals surface area contributed by atoms with Crippen molar-refractivity contribution in [1.82, 2.24) is 10.3 Å². The minimum atomic E-state index is -1.14. The molecule has 7 heteroatoms. The van der Waals surface area contributed by atoms with Gasteiger partial charge in [-0.2, -0.15) is 16.4 Å². The van der Waals surface area contributed by atoms with E-state index in [4.69, 9.17) is 4.74 Å². The molecule has 0 bridgehead atoms. The first-order valence-electron chi connectivity index (χ1n) is 6.92. The normalized spacial score (nSPS) is 21.0. The first-order chi connectivity index (χ1) is 11.0. The highest BCUT2D eigenvalue weighted by Crippen LogP contribution is 2.30. The summed E-state index contributed by atoms with van der Waals surface area (Å²) in [5.74, 6) is 0.264. The van der Waals surface area contributed by atoms with Crippen LogP contribution >= 0.6 is 11.3 Å². The van der Waals surface area contributed by atoms with Gasteiger partial charge in [-0.15, -0.1) is 5.01 Å². The second-order valence-electron chi connectivity index (χ2n) is 5.20. The van der Waals surface area contributed by atoms with Crippen LogP contribution in [0.4, 0.5) is 4.79 Å². The quantitative estimate of drug-likeness (QED) is 0.692. The lowest BCUT2D eigenvalue weighted by molar-refractivity contribution is -0.131. The first kappa shape index (κ1) is 15.2. The van der Waals surface area contributed by atoms with Crippen LogP contribution in [0.1, 0.15) is 18.1 Å². The Bertz CT molecular complexity index is 755. The molecule has 3 rings (SSSR count). The maximum Gasteiger partial charge on any atom is 0.346 e. The summed E-state index contributed by atoms with van der Waals surface area (Å²) < 4.78 is 5.11. The molecule has 0 saturated carbocycles. The van der Waals surface area contributed by atoms with Gasteiger partial charge in [-0.3, -0.25) is 4.79 Å². The van der Waals surface area contributed by atoms with Crippen molar-refractivity contribution in [3.05, 3.63) is 52.2 Å². The number of hydrazone groups is 1. The molecule has 118 valence electrons. The van der Waals surface area contributed by atoms with E-state index in [9.17, 15) is 9.59 Å². The molecule has 1 aliphatic heterocycles. The van der Waals surface area contributed by atoms with Crippen LogP contribution in [0, 0.1) is 0 Å². The predicted octanol–water partition coefficient (Wildman–Crippen LogP) is 2.56. The Hall–Kier alpha value is -2.67. The van der Waals surface area contributed by atoms with Crippen molar-refractivity contribution in [2.45, 2.75) is 12.5 Å². The smallest absolute Gasteiger partial charge is 0.346 e. The molecule has 1 unspecified atom stereocenters. The third-order valence-electron chi connectivity index (χ3n) is 3.70. The number of carbonyl (C=O) groups excluding carboxylic acids is 2. The van der Waals surface area contributed by atoms with Crippen LogP contribution in [-0.2, 0) is 10.3 Å². The molecule has 2 heterocycles. The number of ether oxygens (including phenoxy) is 1. The van der Waals surface area contributed by atoms with Crippen molar-refractivity contribution in [3.63, 3.8) is 0 Å². The van der Waals surface area contributed by atoms with E-state index in [1.165, 1.54) is 17.6 Å². The van der Waals surface area contributed by atoms with Crippen LogP contribution in [-0.4, -0.2) is 30.3 Å². The van der Waals surface area contributed by atoms with Crippen LogP contribution in [0.5, 0.6) is 5.75 Å². The zero-order valence-corrected chi connectivity index (χ0v) is 13.5. The molecule has 6 nitrogen and oxygen atoms in total. The Morgan fingerprint density at radius 2 is 2.00 bits per heavy atom. The van der Waals surface area contributed by atoms with Crippen molar-refractivity contribution in [1.29, 1.82) is 0 Å². The second kappa shape index (κ2) is 5.85. The molecule has 0 spiro atoms. The van der Waals surface area contributed by atoms with Gasteiger partial charge in [0.15, 0.2) is 0 Å². The minimum Gasteiger partial charge on any atom is -0.497 e. The predicted molar refractivity (Wildman–Crippen MR) is 87.6 cm³/mol. The van der Waals surface area contributed by atoms with Crippen LogP contribution in [0.25, 0.3) is 0 Å². The number of methoxy groups -OCH3 is 1. The van der Waals surface area contributed by atoms with Crippen LogP contribution in [0.3, 0.4) is 0 Å². The van der Waals surface area contributed by atoms with E-state index in [0.29, 0.717) is 11.3 Å². The second-order valence-corrected chi connectivity index (χ2v) is 5.98. The largest absolute Gasteiger partial charge is 0.497 e. The number of amides is 3. The number of nitrogens with zero attached hydrogens (tertiary/aromatic N) is 2. The third kappa shape index (κ3) is 2.70. The number of rotatable bonds is 4. The lowest BCUT2D eigenvalue weighted by Gasteiger charge is -2.21. The van der Waals surface area contributed by atoms with Gasteiger partial charge in [0.1, 0.15) is 11.3 Å². The number of hydrogen-bond acceptors (Lipinski definition) is 5. The molecule has 1 N–H and O–H groups in total. The summed E-state index contributed by atoms with van der Waals surface area (Å²) in [6.45, 7) is 1.66. The fourth-order valence-corrected chi connectivity index (χ4v) is 2.93. The number of urea groups is 1. The summed E-state index contributed by atoms with van der Waals surface area (Å²) in [4.78, 5) is 24.8. The summed E-state index contributed by atoms with van der Waals surface area (Å²) in [5, 5.41) is 11.4. The third-order valence-corrected chi connectivity index (χ3v) is 4.40. The molecule has 23 heavy (non-hydrogen) atoms. The van der Waals surface area contributed by atoms with Crippen molar-refractivity contribution >= 4 is 29.5 Å². The molecule has 2 aromatic rings. The van der Waals surface area contributed by atoms with E-state index in [1.54, 1.807) is 38.3 Å². The Morgan fingerprint density at radius 1 is 1.26 bits per heavy atom. The Labute approximate surface area is 137 Å². The van der Waals surface area contributed by atoms with Crippen molar-refractivity contribution in [2.75, 3.05) is 7.11 Å². The molecule has 1 fully saturated rings. The average molecular weight is 329 g/mol. The highest BCUT2D eigenvalue weighted by atomic mass is 32.1. The monoisotopic (exact) mass is 329 g/mol. The molecule has 0 aliphatic carbocycles. The fraction of sp³-hybridized carbons (Fsp3) is 0.188. The van der Waals surface area contributed by atoms with Gasteiger partial charge in [0, 0.05) is 5.56 Å². The number of nitrogens with one attached hydrogen (secondary N) is 1. The van der Waals surface area contributed by atoms with E-state index >= 15 is 0 Å². The molecule has 1 aliphatic rings. The summed E-state index contributed by atoms with van der Waals surface area (Å²) in [7, 11) is 1.57. The van der Waals surface area contributed by atoms with Gasteiger partial charge >= 0.3 is 6.03 Å². The Balaban J connectivity index is 1.86. The summed E-state index contributed by atoms with van der Waals surface area (Å²) in [6, 6.07) is 8.32. The van der Waals surface area contributed by atoms with E-state index in [-0.39, 0.29) is 0 Å². The average Bonchev–Trinajstić information content (AvgIpc) is 3.14. The van der Waals surface area contributed by atoms with Gasteiger partial charge in [0.2, 0.25) is 0 Å². The summed E-state index contributed by atoms with van der Waals surface area (Å²) in [5.41, 5.74) is 0.369.